The van der Waals surface area contributed by atoms with Gasteiger partial charge in [-0.3, -0.25) is 9.78 Å². The summed E-state index contributed by atoms with van der Waals surface area (Å²) in [7, 11) is 0. The van der Waals surface area contributed by atoms with Crippen LogP contribution in [0, 0.1) is 5.92 Å². The molecule has 0 spiro atoms. The molecule has 1 saturated heterocycles. The largest absolute Gasteiger partial charge is 0.341 e. The normalized spacial score (nSPS) is 20.1. The third-order valence-corrected chi connectivity index (χ3v) is 4.40. The first-order valence-corrected chi connectivity index (χ1v) is 7.69. The van der Waals surface area contributed by atoms with E-state index in [2.05, 4.69) is 17.1 Å². The molecule has 122 valence electrons. The van der Waals surface area contributed by atoms with Gasteiger partial charge >= 0.3 is 0 Å². The fourth-order valence-corrected chi connectivity index (χ4v) is 3.18. The number of halogens is 1. The lowest BCUT2D eigenvalue weighted by Gasteiger charge is -2.17. The van der Waals surface area contributed by atoms with Gasteiger partial charge < -0.3 is 10.6 Å². The molecular formula is C18H22ClN3O. The lowest BCUT2D eigenvalue weighted by atomic mass is 9.89. The number of rotatable bonds is 4. The number of amides is 1. The molecule has 0 radical (unpaired) electrons. The van der Waals surface area contributed by atoms with Crippen LogP contribution >= 0.6 is 12.4 Å². The first kappa shape index (κ1) is 17.4. The Morgan fingerprint density at radius 1 is 1.17 bits per heavy atom. The van der Waals surface area contributed by atoms with Crippen molar-refractivity contribution in [2.75, 3.05) is 19.6 Å². The van der Waals surface area contributed by atoms with E-state index >= 15 is 0 Å². The van der Waals surface area contributed by atoms with Gasteiger partial charge in [-0.2, -0.15) is 0 Å². The third-order valence-electron chi connectivity index (χ3n) is 4.40. The summed E-state index contributed by atoms with van der Waals surface area (Å²) in [4.78, 5) is 18.5. The molecule has 0 saturated carbocycles. The van der Waals surface area contributed by atoms with E-state index in [1.165, 1.54) is 5.56 Å². The topological polar surface area (TPSA) is 59.2 Å². The van der Waals surface area contributed by atoms with E-state index in [0.717, 1.165) is 18.7 Å². The number of pyridine rings is 1. The summed E-state index contributed by atoms with van der Waals surface area (Å²) in [5.74, 6) is 0.828. The number of likely N-dealkylation sites (tertiary alicyclic amines) is 1. The molecule has 1 aromatic heterocycles. The van der Waals surface area contributed by atoms with Crippen molar-refractivity contribution in [2.45, 2.75) is 12.3 Å². The fourth-order valence-electron chi connectivity index (χ4n) is 3.18. The highest BCUT2D eigenvalue weighted by Gasteiger charge is 2.34. The zero-order valence-electron chi connectivity index (χ0n) is 13.0. The van der Waals surface area contributed by atoms with Gasteiger partial charge in [0, 0.05) is 31.4 Å². The second-order valence-electron chi connectivity index (χ2n) is 5.85. The zero-order chi connectivity index (χ0) is 15.4. The summed E-state index contributed by atoms with van der Waals surface area (Å²) in [5, 5.41) is 0. The van der Waals surface area contributed by atoms with Crippen LogP contribution in [0.1, 0.15) is 17.0 Å². The average molecular weight is 332 g/mol. The van der Waals surface area contributed by atoms with Crippen molar-refractivity contribution in [2.24, 2.45) is 11.7 Å². The predicted molar refractivity (Wildman–Crippen MR) is 93.5 cm³/mol. The first-order chi connectivity index (χ1) is 10.8. The van der Waals surface area contributed by atoms with Gasteiger partial charge in [0.15, 0.2) is 0 Å². The summed E-state index contributed by atoms with van der Waals surface area (Å²) in [6.07, 6.45) is 3.88. The van der Waals surface area contributed by atoms with Crippen molar-refractivity contribution >= 4 is 18.3 Å². The van der Waals surface area contributed by atoms with Crippen LogP contribution in [0.25, 0.3) is 0 Å². The minimum atomic E-state index is 0. The average Bonchev–Trinajstić information content (AvgIpc) is 3.01. The Morgan fingerprint density at radius 3 is 2.61 bits per heavy atom. The molecule has 2 N–H and O–H groups in total. The molecule has 2 aromatic rings. The van der Waals surface area contributed by atoms with Gasteiger partial charge in [0.1, 0.15) is 0 Å². The highest BCUT2D eigenvalue weighted by Crippen LogP contribution is 2.32. The van der Waals surface area contributed by atoms with E-state index < -0.39 is 0 Å². The van der Waals surface area contributed by atoms with Gasteiger partial charge in [-0.15, -0.1) is 12.4 Å². The first-order valence-electron chi connectivity index (χ1n) is 7.69. The third kappa shape index (κ3) is 4.09. The van der Waals surface area contributed by atoms with E-state index in [0.29, 0.717) is 24.8 Å². The van der Waals surface area contributed by atoms with Crippen molar-refractivity contribution in [1.82, 2.24) is 9.88 Å². The van der Waals surface area contributed by atoms with E-state index in [1.807, 2.05) is 35.2 Å². The Bertz CT molecular complexity index is 621. The summed E-state index contributed by atoms with van der Waals surface area (Å²) in [5.41, 5.74) is 8.16. The molecule has 1 aliphatic rings. The molecule has 4 nitrogen and oxygen atoms in total. The van der Waals surface area contributed by atoms with Crippen LogP contribution in [0.15, 0.2) is 54.9 Å². The Labute approximate surface area is 143 Å². The predicted octanol–water partition coefficient (Wildman–Crippen LogP) is 2.25. The highest BCUT2D eigenvalue weighted by molar-refractivity contribution is 5.85. The van der Waals surface area contributed by atoms with Crippen molar-refractivity contribution in [1.29, 1.82) is 0 Å². The standard InChI is InChI=1S/C18H21N3O.ClH/c19-10-16-12-21(13-17(16)15-6-2-1-3-7-15)18(22)9-14-5-4-8-20-11-14;/h1-8,11,16-17H,9-10,12-13,19H2;1H/t16-,17+;/m1./s1. The van der Waals surface area contributed by atoms with Crippen molar-refractivity contribution in [3.8, 4) is 0 Å². The van der Waals surface area contributed by atoms with Gasteiger partial charge in [-0.05, 0) is 29.7 Å². The molecule has 1 aromatic carbocycles. The number of nitrogens with two attached hydrogens (primary N) is 1. The molecule has 23 heavy (non-hydrogen) atoms. The van der Waals surface area contributed by atoms with Gasteiger partial charge in [-0.1, -0.05) is 36.4 Å². The second-order valence-corrected chi connectivity index (χ2v) is 5.85. The summed E-state index contributed by atoms with van der Waals surface area (Å²) in [6, 6.07) is 14.2. The highest BCUT2D eigenvalue weighted by atomic mass is 35.5. The van der Waals surface area contributed by atoms with Gasteiger partial charge in [0.05, 0.1) is 6.42 Å². The maximum atomic E-state index is 12.5. The summed E-state index contributed by atoms with van der Waals surface area (Å²) < 4.78 is 0. The molecule has 5 heteroatoms. The Morgan fingerprint density at radius 2 is 1.96 bits per heavy atom. The van der Waals surface area contributed by atoms with Crippen LogP contribution in [0.5, 0.6) is 0 Å². The van der Waals surface area contributed by atoms with Crippen LogP contribution in [0.4, 0.5) is 0 Å². The maximum Gasteiger partial charge on any atom is 0.227 e. The molecule has 2 heterocycles. The van der Waals surface area contributed by atoms with Gasteiger partial charge in [0.2, 0.25) is 5.91 Å². The lowest BCUT2D eigenvalue weighted by molar-refractivity contribution is -0.129. The number of carbonyl (C=O) groups is 1. The van der Waals surface area contributed by atoms with E-state index in [-0.39, 0.29) is 18.3 Å². The number of aromatic nitrogens is 1. The molecule has 1 aliphatic heterocycles. The molecule has 2 atom stereocenters. The zero-order valence-corrected chi connectivity index (χ0v) is 13.8. The number of benzene rings is 1. The van der Waals surface area contributed by atoms with E-state index in [9.17, 15) is 4.79 Å². The molecular weight excluding hydrogens is 310 g/mol. The minimum Gasteiger partial charge on any atom is -0.341 e. The molecule has 1 amide bonds. The Hall–Kier alpha value is -1.91. The van der Waals surface area contributed by atoms with Crippen molar-refractivity contribution in [3.05, 3.63) is 66.0 Å². The number of carbonyl (C=O) groups excluding carboxylic acids is 1. The molecule has 0 bridgehead atoms. The summed E-state index contributed by atoms with van der Waals surface area (Å²) >= 11 is 0. The van der Waals surface area contributed by atoms with Gasteiger partial charge in [-0.25, -0.2) is 0 Å². The molecule has 3 rings (SSSR count). The van der Waals surface area contributed by atoms with E-state index in [4.69, 9.17) is 5.73 Å². The second kappa shape index (κ2) is 8.09. The quantitative estimate of drug-likeness (QED) is 0.934. The van der Waals surface area contributed by atoms with Crippen LogP contribution < -0.4 is 5.73 Å². The Kier molecular flexibility index (Phi) is 6.13. The van der Waals surface area contributed by atoms with Crippen molar-refractivity contribution < 1.29 is 4.79 Å². The smallest absolute Gasteiger partial charge is 0.227 e. The van der Waals surface area contributed by atoms with Crippen LogP contribution in [0.2, 0.25) is 0 Å². The monoisotopic (exact) mass is 331 g/mol. The van der Waals surface area contributed by atoms with Crippen LogP contribution in [-0.4, -0.2) is 35.4 Å². The Balaban J connectivity index is 0.00000192. The fraction of sp³-hybridized carbons (Fsp3) is 0.333. The lowest BCUT2D eigenvalue weighted by Crippen LogP contribution is -2.31. The molecule has 0 unspecified atom stereocenters. The van der Waals surface area contributed by atoms with E-state index in [1.54, 1.807) is 12.4 Å². The number of hydrogen-bond acceptors (Lipinski definition) is 3. The van der Waals surface area contributed by atoms with Gasteiger partial charge in [0.25, 0.3) is 0 Å². The SMILES string of the molecule is Cl.NC[C@@H]1CN(C(=O)Cc2cccnc2)C[C@H]1c1ccccc1. The molecule has 1 fully saturated rings. The maximum absolute atomic E-state index is 12.5. The molecule has 0 aliphatic carbocycles. The van der Waals surface area contributed by atoms with Crippen molar-refractivity contribution in [3.63, 3.8) is 0 Å². The summed E-state index contributed by atoms with van der Waals surface area (Å²) in [6.45, 7) is 2.11. The number of nitrogens with zero attached hydrogens (tertiary/aromatic N) is 2. The van der Waals surface area contributed by atoms with Crippen LogP contribution in [0.3, 0.4) is 0 Å². The van der Waals surface area contributed by atoms with Crippen LogP contribution in [-0.2, 0) is 11.2 Å². The minimum absolute atomic E-state index is 0. The number of hydrogen-bond donors (Lipinski definition) is 1.